The van der Waals surface area contributed by atoms with Crippen molar-refractivity contribution in [2.75, 3.05) is 31.1 Å². The van der Waals surface area contributed by atoms with Crippen LogP contribution >= 0.6 is 0 Å². The molecule has 1 fully saturated rings. The normalized spacial score (nSPS) is 14.5. The van der Waals surface area contributed by atoms with Gasteiger partial charge in [0.1, 0.15) is 18.2 Å². The number of hydrogen-bond acceptors (Lipinski definition) is 4. The maximum atomic E-state index is 14.1. The van der Waals surface area contributed by atoms with Crippen LogP contribution in [0.5, 0.6) is 0 Å². The summed E-state index contributed by atoms with van der Waals surface area (Å²) in [6.07, 6.45) is 3.46. The standard InChI is InChI=1S/C17H18FN5O/c1-13-20-4-5-23(13)12-17(24)22-8-6-21(7-9-22)16-3-2-14(11-19)10-15(16)18/h2-5,10H,6-9,12H2,1H3. The highest BCUT2D eigenvalue weighted by Gasteiger charge is 2.23. The third-order valence-electron chi connectivity index (χ3n) is 4.28. The molecular formula is C17H18FN5O. The Labute approximate surface area is 139 Å². The van der Waals surface area contributed by atoms with Gasteiger partial charge in [-0.25, -0.2) is 9.37 Å². The molecule has 1 aromatic heterocycles. The fourth-order valence-electron chi connectivity index (χ4n) is 2.85. The van der Waals surface area contributed by atoms with E-state index in [4.69, 9.17) is 5.26 Å². The molecule has 1 aromatic carbocycles. The number of hydrogen-bond donors (Lipinski definition) is 0. The van der Waals surface area contributed by atoms with Crippen LogP contribution in [0, 0.1) is 24.1 Å². The molecule has 1 saturated heterocycles. The van der Waals surface area contributed by atoms with E-state index in [9.17, 15) is 9.18 Å². The summed E-state index contributed by atoms with van der Waals surface area (Å²) < 4.78 is 15.9. The third-order valence-corrected chi connectivity index (χ3v) is 4.28. The molecule has 2 aromatic rings. The van der Waals surface area contributed by atoms with E-state index in [1.54, 1.807) is 29.4 Å². The molecule has 0 saturated carbocycles. The summed E-state index contributed by atoms with van der Waals surface area (Å²) in [5.74, 6) is 0.445. The van der Waals surface area contributed by atoms with Gasteiger partial charge in [0.2, 0.25) is 5.91 Å². The minimum absolute atomic E-state index is 0.0380. The Balaban J connectivity index is 1.60. The second-order valence-electron chi connectivity index (χ2n) is 5.75. The van der Waals surface area contributed by atoms with E-state index < -0.39 is 5.82 Å². The Kier molecular flexibility index (Phi) is 4.47. The van der Waals surface area contributed by atoms with Gasteiger partial charge in [-0.3, -0.25) is 4.79 Å². The molecule has 0 bridgehead atoms. The average Bonchev–Trinajstić information content (AvgIpc) is 2.99. The highest BCUT2D eigenvalue weighted by Crippen LogP contribution is 2.22. The van der Waals surface area contributed by atoms with Gasteiger partial charge >= 0.3 is 0 Å². The van der Waals surface area contributed by atoms with E-state index in [2.05, 4.69) is 4.98 Å². The number of amides is 1. The quantitative estimate of drug-likeness (QED) is 0.858. The van der Waals surface area contributed by atoms with Gasteiger partial charge in [0.05, 0.1) is 17.3 Å². The summed E-state index contributed by atoms with van der Waals surface area (Å²) in [5, 5.41) is 8.80. The van der Waals surface area contributed by atoms with Crippen LogP contribution in [-0.4, -0.2) is 46.5 Å². The number of anilines is 1. The zero-order chi connectivity index (χ0) is 17.1. The van der Waals surface area contributed by atoms with Gasteiger partial charge in [0.25, 0.3) is 0 Å². The number of nitriles is 1. The molecule has 0 radical (unpaired) electrons. The maximum absolute atomic E-state index is 14.1. The van der Waals surface area contributed by atoms with Gasteiger partial charge in [0.15, 0.2) is 0 Å². The maximum Gasteiger partial charge on any atom is 0.242 e. The molecule has 6 nitrogen and oxygen atoms in total. The number of aryl methyl sites for hydroxylation is 1. The fraction of sp³-hybridized carbons (Fsp3) is 0.353. The van der Waals surface area contributed by atoms with E-state index in [0.29, 0.717) is 37.4 Å². The van der Waals surface area contributed by atoms with Crippen molar-refractivity contribution in [1.29, 1.82) is 5.26 Å². The number of benzene rings is 1. The molecule has 3 rings (SSSR count). The second-order valence-corrected chi connectivity index (χ2v) is 5.75. The first-order valence-electron chi connectivity index (χ1n) is 7.78. The molecule has 2 heterocycles. The largest absolute Gasteiger partial charge is 0.366 e. The molecule has 1 aliphatic heterocycles. The zero-order valence-corrected chi connectivity index (χ0v) is 13.4. The van der Waals surface area contributed by atoms with Gasteiger partial charge in [-0.2, -0.15) is 5.26 Å². The van der Waals surface area contributed by atoms with Crippen LogP contribution in [0.1, 0.15) is 11.4 Å². The number of carbonyl (C=O) groups is 1. The predicted octanol–water partition coefficient (Wildman–Crippen LogP) is 1.55. The summed E-state index contributed by atoms with van der Waals surface area (Å²) >= 11 is 0. The topological polar surface area (TPSA) is 65.2 Å². The van der Waals surface area contributed by atoms with Crippen molar-refractivity contribution in [3.8, 4) is 6.07 Å². The van der Waals surface area contributed by atoms with Gasteiger partial charge in [-0.1, -0.05) is 0 Å². The number of imidazole rings is 1. The predicted molar refractivity (Wildman–Crippen MR) is 86.9 cm³/mol. The van der Waals surface area contributed by atoms with Crippen LogP contribution < -0.4 is 4.90 Å². The van der Waals surface area contributed by atoms with E-state index >= 15 is 0 Å². The summed E-state index contributed by atoms with van der Waals surface area (Å²) in [4.78, 5) is 20.2. The lowest BCUT2D eigenvalue weighted by Crippen LogP contribution is -2.49. The van der Waals surface area contributed by atoms with Crippen LogP contribution in [0.4, 0.5) is 10.1 Å². The molecule has 7 heteroatoms. The van der Waals surface area contributed by atoms with E-state index in [0.717, 1.165) is 5.82 Å². The summed E-state index contributed by atoms with van der Waals surface area (Å²) in [7, 11) is 0. The molecule has 0 unspecified atom stereocenters. The van der Waals surface area contributed by atoms with Crippen LogP contribution in [0.15, 0.2) is 30.6 Å². The van der Waals surface area contributed by atoms with Crippen molar-refractivity contribution in [2.24, 2.45) is 0 Å². The molecule has 1 amide bonds. The first-order valence-corrected chi connectivity index (χ1v) is 7.78. The van der Waals surface area contributed by atoms with Crippen molar-refractivity contribution in [3.05, 3.63) is 47.8 Å². The fourth-order valence-corrected chi connectivity index (χ4v) is 2.85. The summed E-state index contributed by atoms with van der Waals surface area (Å²) in [6, 6.07) is 6.41. The molecule has 0 atom stereocenters. The van der Waals surface area contributed by atoms with Crippen LogP contribution in [-0.2, 0) is 11.3 Å². The Morgan fingerprint density at radius 1 is 1.33 bits per heavy atom. The molecule has 1 aliphatic rings. The van der Waals surface area contributed by atoms with Crippen molar-refractivity contribution < 1.29 is 9.18 Å². The number of rotatable bonds is 3. The summed E-state index contributed by atoms with van der Waals surface area (Å²) in [5.41, 5.74) is 0.785. The first kappa shape index (κ1) is 16.0. The minimum Gasteiger partial charge on any atom is -0.366 e. The van der Waals surface area contributed by atoms with Crippen LogP contribution in [0.3, 0.4) is 0 Å². The Bertz CT molecular complexity index is 787. The lowest BCUT2D eigenvalue weighted by Gasteiger charge is -2.36. The van der Waals surface area contributed by atoms with E-state index in [1.807, 2.05) is 22.5 Å². The third kappa shape index (κ3) is 3.23. The van der Waals surface area contributed by atoms with Gasteiger partial charge in [-0.05, 0) is 25.1 Å². The monoisotopic (exact) mass is 327 g/mol. The van der Waals surface area contributed by atoms with Crippen molar-refractivity contribution in [1.82, 2.24) is 14.5 Å². The zero-order valence-electron chi connectivity index (χ0n) is 13.4. The first-order chi connectivity index (χ1) is 11.6. The number of halogens is 1. The van der Waals surface area contributed by atoms with Gasteiger partial charge in [0, 0.05) is 38.6 Å². The summed E-state index contributed by atoms with van der Waals surface area (Å²) in [6.45, 7) is 4.36. The second kappa shape index (κ2) is 6.71. The number of carbonyl (C=O) groups excluding carboxylic acids is 1. The smallest absolute Gasteiger partial charge is 0.242 e. The molecule has 0 aliphatic carbocycles. The minimum atomic E-state index is -0.400. The molecule has 0 spiro atoms. The Morgan fingerprint density at radius 3 is 2.67 bits per heavy atom. The van der Waals surface area contributed by atoms with E-state index in [1.165, 1.54) is 6.07 Å². The highest BCUT2D eigenvalue weighted by molar-refractivity contribution is 5.76. The van der Waals surface area contributed by atoms with Crippen LogP contribution in [0.2, 0.25) is 0 Å². The van der Waals surface area contributed by atoms with E-state index in [-0.39, 0.29) is 12.5 Å². The van der Waals surface area contributed by atoms with Gasteiger partial charge in [-0.15, -0.1) is 0 Å². The van der Waals surface area contributed by atoms with Gasteiger partial charge < -0.3 is 14.4 Å². The van der Waals surface area contributed by atoms with Crippen molar-refractivity contribution in [3.63, 3.8) is 0 Å². The lowest BCUT2D eigenvalue weighted by molar-refractivity contribution is -0.132. The molecule has 24 heavy (non-hydrogen) atoms. The van der Waals surface area contributed by atoms with Crippen molar-refractivity contribution in [2.45, 2.75) is 13.5 Å². The van der Waals surface area contributed by atoms with Crippen molar-refractivity contribution >= 4 is 11.6 Å². The number of aromatic nitrogens is 2. The molecule has 124 valence electrons. The SMILES string of the molecule is Cc1nccn1CC(=O)N1CCN(c2ccc(C#N)cc2F)CC1. The van der Waals surface area contributed by atoms with Crippen LogP contribution in [0.25, 0.3) is 0 Å². The number of piperazine rings is 1. The highest BCUT2D eigenvalue weighted by atomic mass is 19.1. The Hall–Kier alpha value is -2.88. The Morgan fingerprint density at radius 2 is 2.08 bits per heavy atom. The average molecular weight is 327 g/mol. The molecule has 0 N–H and O–H groups in total. The lowest BCUT2D eigenvalue weighted by atomic mass is 10.2. The molecular weight excluding hydrogens is 309 g/mol. The number of nitrogens with zero attached hydrogens (tertiary/aromatic N) is 5.